The topological polar surface area (TPSA) is 52.6 Å². The van der Waals surface area contributed by atoms with E-state index in [1.54, 1.807) is 0 Å². The van der Waals surface area contributed by atoms with E-state index in [1.165, 1.54) is 0 Å². The molecule has 180 valence electrons. The maximum absolute atomic E-state index is 13.7. The average Bonchev–Trinajstić information content (AvgIpc) is 2.35. The summed E-state index contributed by atoms with van der Waals surface area (Å²) in [6.07, 6.45) is -35.4. The molecule has 0 bridgehead atoms. The summed E-state index contributed by atoms with van der Waals surface area (Å²) in [5.41, 5.74) is -7.86. The first kappa shape index (κ1) is 26.8. The van der Waals surface area contributed by atoms with Gasteiger partial charge in [-0.15, -0.1) is 0 Å². The van der Waals surface area contributed by atoms with Gasteiger partial charge in [0.15, 0.2) is 0 Å². The number of hydrogen-bond acceptors (Lipinski definition) is 4. The van der Waals surface area contributed by atoms with Gasteiger partial charge in [0.25, 0.3) is 0 Å². The van der Waals surface area contributed by atoms with Crippen molar-refractivity contribution >= 4 is 10.4 Å². The molecule has 0 unspecified atom stereocenters. The third-order valence-corrected chi connectivity index (χ3v) is 4.60. The van der Waals surface area contributed by atoms with Crippen LogP contribution < -0.4 is 0 Å². The fraction of sp³-hybridized carbons (Fsp3) is 1.00. The summed E-state index contributed by atoms with van der Waals surface area (Å²) < 4.78 is 233. The van der Waals surface area contributed by atoms with Crippen molar-refractivity contribution in [1.29, 1.82) is 0 Å². The Morgan fingerprint density at radius 2 is 0.900 bits per heavy atom. The van der Waals surface area contributed by atoms with E-state index >= 15 is 0 Å². The molecule has 1 fully saturated rings. The molecular weight excluding hydrogens is 508 g/mol. The molecule has 0 saturated carbocycles. The van der Waals surface area contributed by atoms with Gasteiger partial charge in [-0.25, -0.2) is 8.37 Å². The van der Waals surface area contributed by atoms with Gasteiger partial charge >= 0.3 is 52.7 Å². The number of alkyl halides is 16. The van der Waals surface area contributed by atoms with Crippen LogP contribution in [0.2, 0.25) is 0 Å². The van der Waals surface area contributed by atoms with Crippen LogP contribution in [0, 0.1) is 5.41 Å². The molecule has 0 atom stereocenters. The van der Waals surface area contributed by atoms with E-state index in [9.17, 15) is 78.7 Å². The highest BCUT2D eigenvalue weighted by atomic mass is 32.3. The lowest BCUT2D eigenvalue weighted by molar-refractivity contribution is -0.482. The van der Waals surface area contributed by atoms with Gasteiger partial charge in [0.05, 0.1) is 0 Å². The number of rotatable bonds is 4. The Balaban J connectivity index is 3.99. The van der Waals surface area contributed by atoms with Crippen LogP contribution in [-0.2, 0) is 18.8 Å². The van der Waals surface area contributed by atoms with Crippen molar-refractivity contribution in [1.82, 2.24) is 0 Å². The molecule has 4 nitrogen and oxygen atoms in total. The molecule has 0 amide bonds. The Labute approximate surface area is 153 Å². The highest BCUT2D eigenvalue weighted by molar-refractivity contribution is 7.82. The SMILES string of the molecule is O=S1(=O)OC(CC(C(F)(F)F)(C(F)(F)F)C(F)(F)C(F)(F)C(F)(F)F)(C(F)(F)F)O1. The summed E-state index contributed by atoms with van der Waals surface area (Å²) >= 11 is 0. The third kappa shape index (κ3) is 3.54. The van der Waals surface area contributed by atoms with E-state index in [2.05, 4.69) is 8.37 Å². The standard InChI is InChI=1S/C9H2F16O4S/c10-4(11,5(12,13)9(23,24)25)2(6(14,15)16,7(17,18)19)1-3(8(20,21)22)28-30(26,27)29-3/h1H2. The highest BCUT2D eigenvalue weighted by Crippen LogP contribution is 2.69. The van der Waals surface area contributed by atoms with Gasteiger partial charge in [-0.1, -0.05) is 0 Å². The molecule has 1 heterocycles. The van der Waals surface area contributed by atoms with E-state index in [0.717, 1.165) is 0 Å². The van der Waals surface area contributed by atoms with Crippen molar-refractivity contribution in [3.8, 4) is 0 Å². The number of hydrogen-bond donors (Lipinski definition) is 0. The van der Waals surface area contributed by atoms with Crippen LogP contribution in [0.5, 0.6) is 0 Å². The highest BCUT2D eigenvalue weighted by Gasteiger charge is 2.94. The van der Waals surface area contributed by atoms with Crippen LogP contribution in [0.25, 0.3) is 0 Å². The molecule has 21 heteroatoms. The molecular formula is C9H2F16O4S. The lowest BCUT2D eigenvalue weighted by Gasteiger charge is -2.50. The Bertz CT molecular complexity index is 742. The van der Waals surface area contributed by atoms with Crippen LogP contribution in [0.4, 0.5) is 70.2 Å². The van der Waals surface area contributed by atoms with Crippen molar-refractivity contribution in [2.45, 2.75) is 48.8 Å². The minimum atomic E-state index is -8.42. The van der Waals surface area contributed by atoms with E-state index in [0.29, 0.717) is 0 Å². The predicted octanol–water partition coefficient (Wildman–Crippen LogP) is 4.87. The Kier molecular flexibility index (Phi) is 5.70. The van der Waals surface area contributed by atoms with Crippen molar-refractivity contribution in [3.63, 3.8) is 0 Å². The maximum Gasteiger partial charge on any atom is 0.459 e. The molecule has 0 aliphatic carbocycles. The van der Waals surface area contributed by atoms with Gasteiger partial charge in [0, 0.05) is 6.42 Å². The van der Waals surface area contributed by atoms with Crippen LogP contribution in [0.3, 0.4) is 0 Å². The summed E-state index contributed by atoms with van der Waals surface area (Å²) in [7, 11) is -6.05. The van der Waals surface area contributed by atoms with E-state index in [-0.39, 0.29) is 0 Å². The molecule has 30 heavy (non-hydrogen) atoms. The zero-order valence-electron chi connectivity index (χ0n) is 12.8. The third-order valence-electron chi connectivity index (χ3n) is 3.66. The van der Waals surface area contributed by atoms with Gasteiger partial charge < -0.3 is 0 Å². The molecule has 0 spiro atoms. The molecule has 1 saturated heterocycles. The second kappa shape index (κ2) is 6.39. The summed E-state index contributed by atoms with van der Waals surface area (Å²) in [5, 5.41) is 0. The van der Waals surface area contributed by atoms with Gasteiger partial charge in [-0.05, 0) is 0 Å². The molecule has 0 radical (unpaired) electrons. The fourth-order valence-corrected chi connectivity index (χ4v) is 3.19. The van der Waals surface area contributed by atoms with Gasteiger partial charge in [0.1, 0.15) is 0 Å². The average molecular weight is 510 g/mol. The quantitative estimate of drug-likeness (QED) is 0.507. The molecule has 0 N–H and O–H groups in total. The zero-order valence-corrected chi connectivity index (χ0v) is 13.6. The minimum Gasteiger partial charge on any atom is -0.202 e. The maximum atomic E-state index is 13.7. The van der Waals surface area contributed by atoms with Gasteiger partial charge in [-0.3, -0.25) is 0 Å². The van der Waals surface area contributed by atoms with Crippen molar-refractivity contribution < 1.29 is 87.0 Å². The molecule has 1 aliphatic heterocycles. The zero-order chi connectivity index (χ0) is 24.6. The summed E-state index contributed by atoms with van der Waals surface area (Å²) in [5.74, 6) is -22.5. The normalized spacial score (nSPS) is 21.3. The van der Waals surface area contributed by atoms with Crippen molar-refractivity contribution in [3.05, 3.63) is 0 Å². The minimum absolute atomic E-state index is 2.68. The van der Waals surface area contributed by atoms with Gasteiger partial charge in [0.2, 0.25) is 5.41 Å². The Morgan fingerprint density at radius 3 is 1.10 bits per heavy atom. The summed E-state index contributed by atoms with van der Waals surface area (Å²) in [6, 6.07) is 0. The lowest BCUT2D eigenvalue weighted by atomic mass is 9.71. The van der Waals surface area contributed by atoms with Crippen LogP contribution in [0.1, 0.15) is 6.42 Å². The first-order valence-electron chi connectivity index (χ1n) is 6.31. The van der Waals surface area contributed by atoms with Crippen molar-refractivity contribution in [2.75, 3.05) is 0 Å². The first-order chi connectivity index (χ1) is 12.6. The molecule has 0 aromatic carbocycles. The second-order valence-electron chi connectivity index (χ2n) is 5.55. The van der Waals surface area contributed by atoms with Gasteiger partial charge in [-0.2, -0.15) is 78.7 Å². The first-order valence-corrected chi connectivity index (χ1v) is 7.64. The van der Waals surface area contributed by atoms with Crippen LogP contribution >= 0.6 is 0 Å². The number of halogens is 16. The molecule has 1 aliphatic rings. The summed E-state index contributed by atoms with van der Waals surface area (Å²) in [6.45, 7) is 0. The van der Waals surface area contributed by atoms with E-state index in [1.807, 2.05) is 0 Å². The lowest BCUT2D eigenvalue weighted by Crippen LogP contribution is -2.74. The van der Waals surface area contributed by atoms with Crippen molar-refractivity contribution in [2.24, 2.45) is 5.41 Å². The second-order valence-corrected chi connectivity index (χ2v) is 6.70. The summed E-state index contributed by atoms with van der Waals surface area (Å²) in [4.78, 5) is 0. The molecule has 1 rings (SSSR count). The molecule has 0 aromatic rings. The van der Waals surface area contributed by atoms with E-state index < -0.39 is 64.6 Å². The van der Waals surface area contributed by atoms with Crippen LogP contribution in [-0.4, -0.2) is 50.8 Å². The fourth-order valence-electron chi connectivity index (χ4n) is 2.21. The Morgan fingerprint density at radius 1 is 0.567 bits per heavy atom. The molecule has 0 aromatic heterocycles. The van der Waals surface area contributed by atoms with E-state index in [4.69, 9.17) is 0 Å². The van der Waals surface area contributed by atoms with Crippen LogP contribution in [0.15, 0.2) is 0 Å². The predicted molar refractivity (Wildman–Crippen MR) is 55.0 cm³/mol. The smallest absolute Gasteiger partial charge is 0.202 e. The largest absolute Gasteiger partial charge is 0.459 e. The monoisotopic (exact) mass is 510 g/mol. The Hall–Kier alpha value is -1.25.